The number of carbonyl (C=O) groups excluding carboxylic acids is 2. The minimum absolute atomic E-state index is 0.0832. The van der Waals surface area contributed by atoms with Crippen LogP contribution in [0.2, 0.25) is 0 Å². The van der Waals surface area contributed by atoms with Crippen LogP contribution in [0.3, 0.4) is 0 Å². The summed E-state index contributed by atoms with van der Waals surface area (Å²) in [5, 5.41) is 2.72. The standard InChI is InChI=1S/C24H36F3NO4/c1-7-16(5)19(21(29)28-23(8-2,9-3)22(30)31-10-4)13-14-20(24(25,26)27)17(6)32-15-18-11-12-18/h13-14,18H,7-12,15H2,1-6H3,(H,28,29). The molecule has 8 heteroatoms. The molecule has 1 amide bonds. The molecule has 0 unspecified atom stereocenters. The van der Waals surface area contributed by atoms with Gasteiger partial charge in [0.15, 0.2) is 0 Å². The number of esters is 1. The largest absolute Gasteiger partial charge is 0.497 e. The molecule has 0 atom stereocenters. The van der Waals surface area contributed by atoms with Crippen LogP contribution in [0.4, 0.5) is 13.2 Å². The third kappa shape index (κ3) is 7.71. The molecule has 0 aliphatic heterocycles. The number of hydrogen-bond donors (Lipinski definition) is 1. The number of hydrogen-bond acceptors (Lipinski definition) is 4. The van der Waals surface area contributed by atoms with Gasteiger partial charge >= 0.3 is 12.1 Å². The van der Waals surface area contributed by atoms with E-state index in [0.717, 1.165) is 25.0 Å². The van der Waals surface area contributed by atoms with Crippen LogP contribution < -0.4 is 5.32 Å². The predicted octanol–water partition coefficient (Wildman–Crippen LogP) is 5.77. The first-order chi connectivity index (χ1) is 15.0. The monoisotopic (exact) mass is 459 g/mol. The van der Waals surface area contributed by atoms with Crippen molar-refractivity contribution >= 4 is 11.9 Å². The Balaban J connectivity index is 3.26. The summed E-state index contributed by atoms with van der Waals surface area (Å²) in [6.45, 7) is 10.3. The lowest BCUT2D eigenvalue weighted by molar-refractivity contribution is -0.153. The molecule has 0 heterocycles. The van der Waals surface area contributed by atoms with E-state index in [1.165, 1.54) is 6.92 Å². The average Bonchev–Trinajstić information content (AvgIpc) is 3.56. The number of amides is 1. The van der Waals surface area contributed by atoms with E-state index >= 15 is 0 Å². The Morgan fingerprint density at radius 1 is 1.00 bits per heavy atom. The molecule has 1 aliphatic carbocycles. The zero-order chi connectivity index (χ0) is 24.5. The third-order valence-corrected chi connectivity index (χ3v) is 5.79. The van der Waals surface area contributed by atoms with E-state index in [-0.39, 0.29) is 37.4 Å². The van der Waals surface area contributed by atoms with E-state index in [1.807, 2.05) is 0 Å². The second kappa shape index (κ2) is 12.1. The second-order valence-electron chi connectivity index (χ2n) is 8.07. The number of alkyl halides is 3. The van der Waals surface area contributed by atoms with Crippen LogP contribution in [-0.4, -0.2) is 36.8 Å². The van der Waals surface area contributed by atoms with Crippen LogP contribution in [-0.2, 0) is 19.1 Å². The van der Waals surface area contributed by atoms with Crippen molar-refractivity contribution in [2.24, 2.45) is 5.92 Å². The zero-order valence-corrected chi connectivity index (χ0v) is 19.9. The molecule has 32 heavy (non-hydrogen) atoms. The molecule has 0 aromatic rings. The molecule has 182 valence electrons. The van der Waals surface area contributed by atoms with Crippen LogP contribution >= 0.6 is 0 Å². The lowest BCUT2D eigenvalue weighted by atomic mass is 9.91. The molecule has 1 rings (SSSR count). The van der Waals surface area contributed by atoms with E-state index in [1.54, 1.807) is 34.6 Å². The summed E-state index contributed by atoms with van der Waals surface area (Å²) in [5.41, 5.74) is -1.50. The Kier molecular flexibility index (Phi) is 10.5. The Labute approximate surface area is 189 Å². The number of carbonyl (C=O) groups is 2. The number of ether oxygens (including phenoxy) is 2. The third-order valence-electron chi connectivity index (χ3n) is 5.79. The van der Waals surface area contributed by atoms with Gasteiger partial charge in [-0.3, -0.25) is 4.79 Å². The molecule has 0 aromatic carbocycles. The lowest BCUT2D eigenvalue weighted by Crippen LogP contribution is -2.54. The first-order valence-electron chi connectivity index (χ1n) is 11.2. The maximum Gasteiger partial charge on any atom is 0.419 e. The van der Waals surface area contributed by atoms with Crippen LogP contribution in [0.25, 0.3) is 0 Å². The summed E-state index contributed by atoms with van der Waals surface area (Å²) in [6, 6.07) is 0. The SMILES string of the molecule is CCOC(=O)C(CC)(CC)NC(=O)C(C=CC(=C(C)OCC1CC1)C(F)(F)F)=C(C)CC. The fraction of sp³-hybridized carbons (Fsp3) is 0.667. The predicted molar refractivity (Wildman–Crippen MR) is 118 cm³/mol. The van der Waals surface area contributed by atoms with Crippen molar-refractivity contribution in [1.82, 2.24) is 5.32 Å². The number of halogens is 3. The van der Waals surface area contributed by atoms with E-state index < -0.39 is 29.2 Å². The summed E-state index contributed by atoms with van der Waals surface area (Å²) in [5.74, 6) is -1.09. The minimum atomic E-state index is -4.63. The van der Waals surface area contributed by atoms with Crippen molar-refractivity contribution in [2.45, 2.75) is 85.4 Å². The Hall–Kier alpha value is -2.25. The second-order valence-corrected chi connectivity index (χ2v) is 8.07. The molecule has 1 aliphatic rings. The van der Waals surface area contributed by atoms with Crippen molar-refractivity contribution in [2.75, 3.05) is 13.2 Å². The van der Waals surface area contributed by atoms with Crippen molar-refractivity contribution < 1.29 is 32.2 Å². The molecular formula is C24H36F3NO4. The fourth-order valence-electron chi connectivity index (χ4n) is 3.11. The molecule has 0 bridgehead atoms. The fourth-order valence-corrected chi connectivity index (χ4v) is 3.11. The van der Waals surface area contributed by atoms with Gasteiger partial charge in [0, 0.05) is 5.57 Å². The van der Waals surface area contributed by atoms with Crippen LogP contribution in [0.15, 0.2) is 34.6 Å². The number of nitrogens with one attached hydrogen (secondary N) is 1. The molecule has 1 N–H and O–H groups in total. The maximum absolute atomic E-state index is 13.6. The highest BCUT2D eigenvalue weighted by Crippen LogP contribution is 2.33. The van der Waals surface area contributed by atoms with Gasteiger partial charge in [0.2, 0.25) is 0 Å². The normalized spacial score (nSPS) is 16.4. The molecule has 0 aromatic heterocycles. The summed E-state index contributed by atoms with van der Waals surface area (Å²) in [7, 11) is 0. The van der Waals surface area contributed by atoms with Crippen LogP contribution in [0, 0.1) is 5.92 Å². The Morgan fingerprint density at radius 3 is 2.03 bits per heavy atom. The highest BCUT2D eigenvalue weighted by atomic mass is 19.4. The van der Waals surface area contributed by atoms with Gasteiger partial charge in [0.25, 0.3) is 5.91 Å². The van der Waals surface area contributed by atoms with Gasteiger partial charge in [-0.2, -0.15) is 13.2 Å². The van der Waals surface area contributed by atoms with Gasteiger partial charge < -0.3 is 14.8 Å². The molecule has 0 spiro atoms. The number of rotatable bonds is 12. The molecule has 5 nitrogen and oxygen atoms in total. The molecule has 1 fully saturated rings. The minimum Gasteiger partial charge on any atom is -0.497 e. The van der Waals surface area contributed by atoms with Crippen molar-refractivity contribution in [1.29, 1.82) is 0 Å². The first-order valence-corrected chi connectivity index (χ1v) is 11.2. The van der Waals surface area contributed by atoms with Gasteiger partial charge in [0.1, 0.15) is 11.3 Å². The highest BCUT2D eigenvalue weighted by Gasteiger charge is 2.39. The molecule has 0 radical (unpaired) electrons. The summed E-state index contributed by atoms with van der Waals surface area (Å²) >= 11 is 0. The smallest absolute Gasteiger partial charge is 0.419 e. The van der Waals surface area contributed by atoms with E-state index in [4.69, 9.17) is 9.47 Å². The topological polar surface area (TPSA) is 64.6 Å². The van der Waals surface area contributed by atoms with E-state index in [9.17, 15) is 22.8 Å². The maximum atomic E-state index is 13.6. The number of allylic oxidation sites excluding steroid dienone is 4. The molecule has 0 saturated heterocycles. The summed E-state index contributed by atoms with van der Waals surface area (Å²) in [6.07, 6.45) is 0.362. The summed E-state index contributed by atoms with van der Waals surface area (Å²) in [4.78, 5) is 25.6. The van der Waals surface area contributed by atoms with Crippen LogP contribution in [0.1, 0.15) is 73.6 Å². The molecule has 1 saturated carbocycles. The van der Waals surface area contributed by atoms with E-state index in [0.29, 0.717) is 17.9 Å². The Morgan fingerprint density at radius 2 is 1.59 bits per heavy atom. The van der Waals surface area contributed by atoms with Gasteiger partial charge in [-0.25, -0.2) is 4.79 Å². The quantitative estimate of drug-likeness (QED) is 0.174. The van der Waals surface area contributed by atoms with Gasteiger partial charge in [-0.1, -0.05) is 26.3 Å². The average molecular weight is 460 g/mol. The zero-order valence-electron chi connectivity index (χ0n) is 19.9. The van der Waals surface area contributed by atoms with Crippen molar-refractivity contribution in [3.05, 3.63) is 34.6 Å². The van der Waals surface area contributed by atoms with Crippen molar-refractivity contribution in [3.63, 3.8) is 0 Å². The van der Waals surface area contributed by atoms with E-state index in [2.05, 4.69) is 5.32 Å². The Bertz CT molecular complexity index is 758. The van der Waals surface area contributed by atoms with Gasteiger partial charge in [-0.05, 0) is 70.9 Å². The highest BCUT2D eigenvalue weighted by molar-refractivity contribution is 6.00. The summed E-state index contributed by atoms with van der Waals surface area (Å²) < 4.78 is 51.4. The van der Waals surface area contributed by atoms with Crippen molar-refractivity contribution in [3.8, 4) is 0 Å². The first kappa shape index (κ1) is 27.8. The van der Waals surface area contributed by atoms with Crippen LogP contribution in [0.5, 0.6) is 0 Å². The van der Waals surface area contributed by atoms with Gasteiger partial charge in [-0.15, -0.1) is 0 Å². The molecular weight excluding hydrogens is 423 g/mol. The lowest BCUT2D eigenvalue weighted by Gasteiger charge is -2.30. The van der Waals surface area contributed by atoms with Gasteiger partial charge in [0.05, 0.1) is 18.8 Å².